The van der Waals surface area contributed by atoms with Gasteiger partial charge in [0.2, 0.25) is 0 Å². The number of rotatable bonds is 4. The molecule has 0 unspecified atom stereocenters. The number of furan rings is 1. The predicted octanol–water partition coefficient (Wildman–Crippen LogP) is 3.23. The minimum atomic E-state index is 0.461. The Morgan fingerprint density at radius 3 is 2.84 bits per heavy atom. The van der Waals surface area contributed by atoms with Crippen molar-refractivity contribution in [3.05, 3.63) is 35.6 Å². The Balaban J connectivity index is 1.70. The fourth-order valence-corrected chi connectivity index (χ4v) is 2.24. The standard InChI is InChI=1S/C12H11N3O3S/c1-7-5-9(18-15-7)6-19-12-14-13-11(17-12)10-3-4-16-8(10)2/h3-5H,6H2,1-2H3. The highest BCUT2D eigenvalue weighted by Crippen LogP contribution is 2.27. The lowest BCUT2D eigenvalue weighted by molar-refractivity contribution is 0.390. The monoisotopic (exact) mass is 277 g/mol. The third kappa shape index (κ3) is 2.55. The smallest absolute Gasteiger partial charge is 0.277 e. The average Bonchev–Trinajstić information content (AvgIpc) is 3.07. The zero-order valence-electron chi connectivity index (χ0n) is 10.4. The molecule has 7 heteroatoms. The molecule has 3 aromatic rings. The third-order valence-electron chi connectivity index (χ3n) is 2.51. The fourth-order valence-electron chi connectivity index (χ4n) is 1.60. The van der Waals surface area contributed by atoms with E-state index in [9.17, 15) is 0 Å². The first kappa shape index (κ1) is 12.0. The molecule has 0 aromatic carbocycles. The summed E-state index contributed by atoms with van der Waals surface area (Å²) >= 11 is 1.41. The molecule has 3 heterocycles. The summed E-state index contributed by atoms with van der Waals surface area (Å²) < 4.78 is 15.9. The molecule has 0 fully saturated rings. The molecule has 3 rings (SSSR count). The highest BCUT2D eigenvalue weighted by atomic mass is 32.2. The summed E-state index contributed by atoms with van der Waals surface area (Å²) in [6, 6.07) is 3.68. The second kappa shape index (κ2) is 4.93. The first-order valence-corrected chi connectivity index (χ1v) is 6.64. The van der Waals surface area contributed by atoms with Crippen molar-refractivity contribution in [2.75, 3.05) is 0 Å². The zero-order chi connectivity index (χ0) is 13.2. The van der Waals surface area contributed by atoms with Gasteiger partial charge in [-0.2, -0.15) is 0 Å². The van der Waals surface area contributed by atoms with Crippen molar-refractivity contribution in [1.82, 2.24) is 15.4 Å². The van der Waals surface area contributed by atoms with Gasteiger partial charge in [0.05, 0.1) is 23.3 Å². The fraction of sp³-hybridized carbons (Fsp3) is 0.250. The molecular formula is C12H11N3O3S. The Labute approximate surface area is 113 Å². The van der Waals surface area contributed by atoms with E-state index in [1.807, 2.05) is 19.9 Å². The lowest BCUT2D eigenvalue weighted by atomic mass is 10.3. The number of aromatic nitrogens is 3. The summed E-state index contributed by atoms with van der Waals surface area (Å²) in [5.41, 5.74) is 1.67. The normalized spacial score (nSPS) is 11.1. The van der Waals surface area contributed by atoms with Crippen LogP contribution in [-0.2, 0) is 5.75 Å². The highest BCUT2D eigenvalue weighted by Gasteiger charge is 2.13. The molecule has 0 atom stereocenters. The maximum absolute atomic E-state index is 5.56. The van der Waals surface area contributed by atoms with E-state index < -0.39 is 0 Å². The van der Waals surface area contributed by atoms with Crippen LogP contribution in [0.4, 0.5) is 0 Å². The predicted molar refractivity (Wildman–Crippen MR) is 67.5 cm³/mol. The van der Waals surface area contributed by atoms with Crippen molar-refractivity contribution >= 4 is 11.8 Å². The van der Waals surface area contributed by atoms with Gasteiger partial charge in [0, 0.05) is 6.07 Å². The molecule has 0 aliphatic carbocycles. The maximum Gasteiger partial charge on any atom is 0.277 e. The van der Waals surface area contributed by atoms with Gasteiger partial charge in [-0.15, -0.1) is 10.2 Å². The second-order valence-corrected chi connectivity index (χ2v) is 4.91. The molecule has 0 aliphatic rings. The number of aryl methyl sites for hydroxylation is 2. The highest BCUT2D eigenvalue weighted by molar-refractivity contribution is 7.98. The van der Waals surface area contributed by atoms with Gasteiger partial charge >= 0.3 is 0 Å². The Morgan fingerprint density at radius 2 is 2.16 bits per heavy atom. The van der Waals surface area contributed by atoms with Crippen molar-refractivity contribution in [2.24, 2.45) is 0 Å². The van der Waals surface area contributed by atoms with Gasteiger partial charge < -0.3 is 13.4 Å². The van der Waals surface area contributed by atoms with Crippen LogP contribution < -0.4 is 0 Å². The van der Waals surface area contributed by atoms with Crippen LogP contribution in [-0.4, -0.2) is 15.4 Å². The maximum atomic E-state index is 5.56. The molecule has 0 amide bonds. The van der Waals surface area contributed by atoms with Crippen LogP contribution in [0.15, 0.2) is 37.0 Å². The Bertz CT molecular complexity index is 686. The van der Waals surface area contributed by atoms with Crippen LogP contribution in [0.2, 0.25) is 0 Å². The Kier molecular flexibility index (Phi) is 3.12. The molecule has 0 spiro atoms. The van der Waals surface area contributed by atoms with Crippen molar-refractivity contribution in [1.29, 1.82) is 0 Å². The minimum Gasteiger partial charge on any atom is -0.469 e. The third-order valence-corrected chi connectivity index (χ3v) is 3.35. The van der Waals surface area contributed by atoms with E-state index in [4.69, 9.17) is 13.4 Å². The van der Waals surface area contributed by atoms with Crippen LogP contribution in [0.3, 0.4) is 0 Å². The molecular weight excluding hydrogens is 266 g/mol. The van der Waals surface area contributed by atoms with Crippen molar-refractivity contribution in [2.45, 2.75) is 24.8 Å². The van der Waals surface area contributed by atoms with E-state index >= 15 is 0 Å². The van der Waals surface area contributed by atoms with E-state index in [1.54, 1.807) is 12.3 Å². The van der Waals surface area contributed by atoms with Gasteiger partial charge in [0.15, 0.2) is 0 Å². The summed E-state index contributed by atoms with van der Waals surface area (Å²) in [7, 11) is 0. The summed E-state index contributed by atoms with van der Waals surface area (Å²) in [5.74, 6) is 2.60. The summed E-state index contributed by atoms with van der Waals surface area (Å²) in [5, 5.41) is 12.3. The van der Waals surface area contributed by atoms with E-state index in [0.29, 0.717) is 16.9 Å². The van der Waals surface area contributed by atoms with Crippen molar-refractivity contribution < 1.29 is 13.4 Å². The Hall–Kier alpha value is -2.02. The Morgan fingerprint density at radius 1 is 1.26 bits per heavy atom. The molecule has 0 saturated carbocycles. The van der Waals surface area contributed by atoms with Crippen molar-refractivity contribution in [3.8, 4) is 11.5 Å². The van der Waals surface area contributed by atoms with Gasteiger partial charge in [-0.1, -0.05) is 16.9 Å². The SMILES string of the molecule is Cc1cc(CSc2nnc(-c3ccoc3C)o2)on1. The average molecular weight is 277 g/mol. The van der Waals surface area contributed by atoms with Crippen molar-refractivity contribution in [3.63, 3.8) is 0 Å². The van der Waals surface area contributed by atoms with Crippen LogP contribution in [0.1, 0.15) is 17.2 Å². The molecule has 0 radical (unpaired) electrons. The first-order valence-electron chi connectivity index (χ1n) is 5.65. The molecule has 19 heavy (non-hydrogen) atoms. The number of thioether (sulfide) groups is 1. The molecule has 6 nitrogen and oxygen atoms in total. The zero-order valence-corrected chi connectivity index (χ0v) is 11.2. The van der Waals surface area contributed by atoms with E-state index in [1.165, 1.54) is 11.8 Å². The minimum absolute atomic E-state index is 0.461. The summed E-state index contributed by atoms with van der Waals surface area (Å²) in [6.07, 6.45) is 1.60. The molecule has 0 bridgehead atoms. The van der Waals surface area contributed by atoms with Crippen LogP contribution in [0, 0.1) is 13.8 Å². The number of hydrogen-bond acceptors (Lipinski definition) is 7. The largest absolute Gasteiger partial charge is 0.469 e. The first-order chi connectivity index (χ1) is 9.22. The number of nitrogens with zero attached hydrogens (tertiary/aromatic N) is 3. The summed E-state index contributed by atoms with van der Waals surface area (Å²) in [4.78, 5) is 0. The molecule has 0 saturated heterocycles. The quantitative estimate of drug-likeness (QED) is 0.677. The van der Waals surface area contributed by atoms with Gasteiger partial charge in [-0.05, 0) is 19.9 Å². The van der Waals surface area contributed by atoms with Crippen LogP contribution >= 0.6 is 11.8 Å². The molecule has 0 aliphatic heterocycles. The second-order valence-electron chi connectivity index (χ2n) is 3.99. The van der Waals surface area contributed by atoms with Gasteiger partial charge in [-0.25, -0.2) is 0 Å². The van der Waals surface area contributed by atoms with E-state index in [2.05, 4.69) is 15.4 Å². The molecule has 3 aromatic heterocycles. The van der Waals surface area contributed by atoms with Gasteiger partial charge in [-0.3, -0.25) is 0 Å². The lowest BCUT2D eigenvalue weighted by Crippen LogP contribution is -1.76. The lowest BCUT2D eigenvalue weighted by Gasteiger charge is -1.91. The topological polar surface area (TPSA) is 78.1 Å². The molecule has 0 N–H and O–H groups in total. The van der Waals surface area contributed by atoms with E-state index in [0.717, 1.165) is 22.8 Å². The van der Waals surface area contributed by atoms with E-state index in [-0.39, 0.29) is 0 Å². The van der Waals surface area contributed by atoms with Gasteiger partial charge in [0.1, 0.15) is 11.5 Å². The van der Waals surface area contributed by atoms with Gasteiger partial charge in [0.25, 0.3) is 11.1 Å². The number of hydrogen-bond donors (Lipinski definition) is 0. The van der Waals surface area contributed by atoms with Crippen LogP contribution in [0.25, 0.3) is 11.5 Å². The van der Waals surface area contributed by atoms with Crippen LogP contribution in [0.5, 0.6) is 0 Å². The summed E-state index contributed by atoms with van der Waals surface area (Å²) in [6.45, 7) is 3.73. The molecule has 98 valence electrons.